The molecule has 0 unspecified atom stereocenters. The molecule has 1 aromatic heterocycles. The monoisotopic (exact) mass is 351 g/mol. The Morgan fingerprint density at radius 2 is 1.85 bits per heavy atom. The molecule has 0 bridgehead atoms. The highest BCUT2D eigenvalue weighted by molar-refractivity contribution is 6.01. The van der Waals surface area contributed by atoms with Crippen molar-refractivity contribution in [3.8, 4) is 0 Å². The second kappa shape index (κ2) is 7.11. The lowest BCUT2D eigenvalue weighted by molar-refractivity contribution is -0.127. The number of para-hydroxylation sites is 1. The Balaban J connectivity index is 1.38. The third-order valence-corrected chi connectivity index (χ3v) is 4.99. The predicted octanol–water partition coefficient (Wildman–Crippen LogP) is 1.69. The van der Waals surface area contributed by atoms with E-state index in [1.807, 2.05) is 24.3 Å². The van der Waals surface area contributed by atoms with Crippen LogP contribution in [0.4, 0.5) is 11.6 Å². The molecule has 0 spiro atoms. The standard InChI is InChI=1S/C19H21N5O2/c25-17-12-15(14-4-1-2-5-16(14)23-17)18(26)22-13-6-10-24(11-7-13)19-20-8-3-9-21-19/h1-5,8-9,13,15H,6-7,10-12H2,(H,22,26)(H,23,25)/t15-/m1/s1. The number of carbonyl (C=O) groups is 2. The molecule has 1 aromatic carbocycles. The number of anilines is 2. The lowest BCUT2D eigenvalue weighted by Gasteiger charge is -2.33. The van der Waals surface area contributed by atoms with Crippen molar-refractivity contribution in [3.05, 3.63) is 48.3 Å². The zero-order valence-electron chi connectivity index (χ0n) is 14.4. The normalized spacial score (nSPS) is 20.2. The molecule has 2 aromatic rings. The SMILES string of the molecule is O=C1C[C@@H](C(=O)NC2CCN(c3ncccn3)CC2)c2ccccc2N1. The largest absolute Gasteiger partial charge is 0.353 e. The third kappa shape index (κ3) is 3.37. The first kappa shape index (κ1) is 16.5. The Morgan fingerprint density at radius 3 is 2.62 bits per heavy atom. The summed E-state index contributed by atoms with van der Waals surface area (Å²) < 4.78 is 0. The van der Waals surface area contributed by atoms with Crippen LogP contribution in [0.3, 0.4) is 0 Å². The van der Waals surface area contributed by atoms with Crippen LogP contribution in [0.2, 0.25) is 0 Å². The summed E-state index contributed by atoms with van der Waals surface area (Å²) in [6.45, 7) is 1.60. The van der Waals surface area contributed by atoms with Gasteiger partial charge in [-0.15, -0.1) is 0 Å². The number of aromatic nitrogens is 2. The van der Waals surface area contributed by atoms with Gasteiger partial charge in [-0.05, 0) is 30.5 Å². The second-order valence-electron chi connectivity index (χ2n) is 6.71. The van der Waals surface area contributed by atoms with Gasteiger partial charge in [-0.25, -0.2) is 9.97 Å². The van der Waals surface area contributed by atoms with Crippen LogP contribution in [0.1, 0.15) is 30.7 Å². The minimum absolute atomic E-state index is 0.0679. The number of amides is 2. The summed E-state index contributed by atoms with van der Waals surface area (Å²) in [7, 11) is 0. The van der Waals surface area contributed by atoms with Gasteiger partial charge < -0.3 is 15.5 Å². The Bertz CT molecular complexity index is 803. The predicted molar refractivity (Wildman–Crippen MR) is 97.8 cm³/mol. The van der Waals surface area contributed by atoms with Gasteiger partial charge in [-0.3, -0.25) is 9.59 Å². The first-order valence-corrected chi connectivity index (χ1v) is 8.92. The number of hydrogen-bond acceptors (Lipinski definition) is 5. The van der Waals surface area contributed by atoms with E-state index in [9.17, 15) is 9.59 Å². The van der Waals surface area contributed by atoms with Gasteiger partial charge in [0, 0.05) is 43.6 Å². The maximum absolute atomic E-state index is 12.8. The van der Waals surface area contributed by atoms with Crippen molar-refractivity contribution >= 4 is 23.5 Å². The van der Waals surface area contributed by atoms with Crippen molar-refractivity contribution in [3.63, 3.8) is 0 Å². The molecule has 1 fully saturated rings. The van der Waals surface area contributed by atoms with Crippen molar-refractivity contribution in [1.82, 2.24) is 15.3 Å². The van der Waals surface area contributed by atoms with Crippen LogP contribution >= 0.6 is 0 Å². The summed E-state index contributed by atoms with van der Waals surface area (Å²) in [4.78, 5) is 35.4. The van der Waals surface area contributed by atoms with Crippen LogP contribution in [-0.4, -0.2) is 40.9 Å². The van der Waals surface area contributed by atoms with Gasteiger partial charge in [0.25, 0.3) is 0 Å². The molecule has 0 saturated carbocycles. The van der Waals surface area contributed by atoms with Crippen LogP contribution in [0, 0.1) is 0 Å². The van der Waals surface area contributed by atoms with Crippen molar-refractivity contribution in [2.45, 2.75) is 31.2 Å². The highest BCUT2D eigenvalue weighted by atomic mass is 16.2. The molecule has 0 radical (unpaired) electrons. The fourth-order valence-electron chi connectivity index (χ4n) is 3.63. The van der Waals surface area contributed by atoms with Crippen LogP contribution in [0.25, 0.3) is 0 Å². The summed E-state index contributed by atoms with van der Waals surface area (Å²) in [5, 5.41) is 5.97. The zero-order valence-corrected chi connectivity index (χ0v) is 14.4. The maximum Gasteiger partial charge on any atom is 0.228 e. The molecule has 4 rings (SSSR count). The molecule has 2 aliphatic heterocycles. The number of nitrogens with zero attached hydrogens (tertiary/aromatic N) is 3. The van der Waals surface area contributed by atoms with E-state index < -0.39 is 5.92 Å². The maximum atomic E-state index is 12.8. The fraction of sp³-hybridized carbons (Fsp3) is 0.368. The van der Waals surface area contributed by atoms with Gasteiger partial charge in [0.15, 0.2) is 0 Å². The van der Waals surface area contributed by atoms with E-state index in [4.69, 9.17) is 0 Å². The smallest absolute Gasteiger partial charge is 0.228 e. The number of benzene rings is 1. The quantitative estimate of drug-likeness (QED) is 0.879. The fourth-order valence-corrected chi connectivity index (χ4v) is 3.63. The summed E-state index contributed by atoms with van der Waals surface area (Å²) in [6, 6.07) is 9.42. The molecule has 134 valence electrons. The van der Waals surface area contributed by atoms with Crippen molar-refractivity contribution in [1.29, 1.82) is 0 Å². The van der Waals surface area contributed by atoms with Gasteiger partial charge in [0.05, 0.1) is 5.92 Å². The average molecular weight is 351 g/mol. The molecule has 2 aliphatic rings. The molecule has 3 heterocycles. The molecular formula is C19H21N5O2. The van der Waals surface area contributed by atoms with Gasteiger partial charge in [0.1, 0.15) is 0 Å². The number of carbonyl (C=O) groups excluding carboxylic acids is 2. The van der Waals surface area contributed by atoms with Crippen molar-refractivity contribution < 1.29 is 9.59 Å². The Kier molecular flexibility index (Phi) is 4.51. The van der Waals surface area contributed by atoms with Gasteiger partial charge in [-0.2, -0.15) is 0 Å². The molecule has 0 aliphatic carbocycles. The van der Waals surface area contributed by atoms with E-state index in [-0.39, 0.29) is 24.3 Å². The van der Waals surface area contributed by atoms with Crippen LogP contribution < -0.4 is 15.5 Å². The van der Waals surface area contributed by atoms with E-state index in [0.29, 0.717) is 0 Å². The minimum Gasteiger partial charge on any atom is -0.353 e. The molecule has 2 N–H and O–H groups in total. The number of piperidine rings is 1. The van der Waals surface area contributed by atoms with Crippen molar-refractivity contribution in [2.24, 2.45) is 0 Å². The number of rotatable bonds is 3. The van der Waals surface area contributed by atoms with Crippen molar-refractivity contribution in [2.75, 3.05) is 23.3 Å². The highest BCUT2D eigenvalue weighted by Gasteiger charge is 2.32. The van der Waals surface area contributed by atoms with E-state index in [0.717, 1.165) is 43.1 Å². The minimum atomic E-state index is -0.421. The van der Waals surface area contributed by atoms with E-state index in [1.165, 1.54) is 0 Å². The van der Waals surface area contributed by atoms with E-state index >= 15 is 0 Å². The summed E-state index contributed by atoms with van der Waals surface area (Å²) in [5.74, 6) is 0.132. The van der Waals surface area contributed by atoms with E-state index in [1.54, 1.807) is 18.5 Å². The Hall–Kier alpha value is -2.96. The summed E-state index contributed by atoms with van der Waals surface area (Å²) in [6.07, 6.45) is 5.35. The zero-order chi connectivity index (χ0) is 17.9. The Morgan fingerprint density at radius 1 is 1.12 bits per heavy atom. The second-order valence-corrected chi connectivity index (χ2v) is 6.71. The summed E-state index contributed by atoms with van der Waals surface area (Å²) >= 11 is 0. The van der Waals surface area contributed by atoms with E-state index in [2.05, 4.69) is 25.5 Å². The lowest BCUT2D eigenvalue weighted by atomic mass is 9.89. The highest BCUT2D eigenvalue weighted by Crippen LogP contribution is 2.32. The van der Waals surface area contributed by atoms with Gasteiger partial charge >= 0.3 is 0 Å². The topological polar surface area (TPSA) is 87.2 Å². The molecule has 1 saturated heterocycles. The molecule has 2 amide bonds. The Labute approximate surface area is 151 Å². The molecule has 1 atom stereocenters. The number of fused-ring (bicyclic) bond motifs is 1. The number of hydrogen-bond donors (Lipinski definition) is 2. The molecule has 7 heteroatoms. The average Bonchev–Trinajstić information content (AvgIpc) is 2.68. The van der Waals surface area contributed by atoms with Crippen LogP contribution in [0.5, 0.6) is 0 Å². The first-order chi connectivity index (χ1) is 12.7. The van der Waals surface area contributed by atoms with Crippen LogP contribution in [0.15, 0.2) is 42.7 Å². The number of nitrogens with one attached hydrogen (secondary N) is 2. The van der Waals surface area contributed by atoms with Crippen LogP contribution in [-0.2, 0) is 9.59 Å². The van der Waals surface area contributed by atoms with Gasteiger partial charge in [0.2, 0.25) is 17.8 Å². The summed E-state index contributed by atoms with van der Waals surface area (Å²) in [5.41, 5.74) is 1.62. The molecule has 7 nitrogen and oxygen atoms in total. The molecule has 26 heavy (non-hydrogen) atoms. The first-order valence-electron chi connectivity index (χ1n) is 8.92. The molecular weight excluding hydrogens is 330 g/mol. The van der Waals surface area contributed by atoms with Gasteiger partial charge in [-0.1, -0.05) is 18.2 Å². The lowest BCUT2D eigenvalue weighted by Crippen LogP contribution is -2.47. The third-order valence-electron chi connectivity index (χ3n) is 4.99.